The average Bonchev–Trinajstić information content (AvgIpc) is 2.34. The molecule has 0 amide bonds. The molecule has 5 heteroatoms. The highest BCUT2D eigenvalue weighted by molar-refractivity contribution is 9.10. The van der Waals surface area contributed by atoms with E-state index in [1.54, 1.807) is 13.8 Å². The number of benzene rings is 1. The number of halogens is 1. The number of aromatic nitrogens is 1. The van der Waals surface area contributed by atoms with Crippen molar-refractivity contribution >= 4 is 32.5 Å². The molecule has 1 aromatic heterocycles. The summed E-state index contributed by atoms with van der Waals surface area (Å²) in [6.45, 7) is 7.68. The molecule has 0 aliphatic heterocycles. The standard InChI is InChI=1S/C15H20BrN3O/c1-8(2)12-11-7-9(16)5-6-10(11)14(19-17)18-13(12)15(3,4)20/h5-8,20H,17H2,1-4H3,(H,18,19). The monoisotopic (exact) mass is 337 g/mol. The van der Waals surface area contributed by atoms with Crippen LogP contribution in [0.4, 0.5) is 5.82 Å². The summed E-state index contributed by atoms with van der Waals surface area (Å²) in [5.41, 5.74) is 3.31. The van der Waals surface area contributed by atoms with Gasteiger partial charge < -0.3 is 10.5 Å². The zero-order chi connectivity index (χ0) is 15.1. The van der Waals surface area contributed by atoms with Crippen molar-refractivity contribution in [3.63, 3.8) is 0 Å². The molecule has 2 rings (SSSR count). The van der Waals surface area contributed by atoms with Gasteiger partial charge in [0.05, 0.1) is 5.69 Å². The van der Waals surface area contributed by atoms with Crippen molar-refractivity contribution in [1.82, 2.24) is 4.98 Å². The zero-order valence-corrected chi connectivity index (χ0v) is 13.7. The van der Waals surface area contributed by atoms with Crippen LogP contribution in [-0.4, -0.2) is 10.1 Å². The van der Waals surface area contributed by atoms with E-state index in [4.69, 9.17) is 5.84 Å². The van der Waals surface area contributed by atoms with Gasteiger partial charge in [-0.3, -0.25) is 0 Å². The first-order valence-corrected chi connectivity index (χ1v) is 7.37. The van der Waals surface area contributed by atoms with Gasteiger partial charge in [0.2, 0.25) is 0 Å². The molecule has 20 heavy (non-hydrogen) atoms. The second kappa shape index (κ2) is 5.31. The molecule has 0 radical (unpaired) electrons. The molecule has 108 valence electrons. The summed E-state index contributed by atoms with van der Waals surface area (Å²) in [7, 11) is 0. The predicted octanol–water partition coefficient (Wildman–Crippen LogP) is 3.63. The van der Waals surface area contributed by atoms with Crippen LogP contribution in [0.5, 0.6) is 0 Å². The van der Waals surface area contributed by atoms with E-state index in [9.17, 15) is 5.11 Å². The summed E-state index contributed by atoms with van der Waals surface area (Å²) in [4.78, 5) is 4.54. The van der Waals surface area contributed by atoms with Crippen LogP contribution in [0.3, 0.4) is 0 Å². The minimum atomic E-state index is -1.03. The molecule has 0 atom stereocenters. The maximum atomic E-state index is 10.4. The highest BCUT2D eigenvalue weighted by Crippen LogP contribution is 2.37. The molecule has 0 unspecified atom stereocenters. The Morgan fingerprint density at radius 1 is 1.30 bits per heavy atom. The van der Waals surface area contributed by atoms with Crippen LogP contribution < -0.4 is 11.3 Å². The van der Waals surface area contributed by atoms with E-state index in [-0.39, 0.29) is 5.92 Å². The minimum absolute atomic E-state index is 0.243. The average molecular weight is 338 g/mol. The van der Waals surface area contributed by atoms with Gasteiger partial charge >= 0.3 is 0 Å². The van der Waals surface area contributed by atoms with Gasteiger partial charge in [-0.25, -0.2) is 10.8 Å². The molecule has 0 aliphatic rings. The second-order valence-corrected chi connectivity index (χ2v) is 6.69. The van der Waals surface area contributed by atoms with E-state index < -0.39 is 5.60 Å². The van der Waals surface area contributed by atoms with Crippen LogP contribution in [0.25, 0.3) is 10.8 Å². The number of nitrogens with zero attached hydrogens (tertiary/aromatic N) is 1. The summed E-state index contributed by atoms with van der Waals surface area (Å²) in [5, 5.41) is 12.4. The van der Waals surface area contributed by atoms with Gasteiger partial charge in [-0.05, 0) is 48.9 Å². The molecular formula is C15H20BrN3O. The summed E-state index contributed by atoms with van der Waals surface area (Å²) >= 11 is 3.50. The Hall–Kier alpha value is -1.17. The normalized spacial score (nSPS) is 12.2. The van der Waals surface area contributed by atoms with Crippen molar-refractivity contribution in [3.05, 3.63) is 33.9 Å². The van der Waals surface area contributed by atoms with Gasteiger partial charge in [0, 0.05) is 9.86 Å². The number of nitrogens with two attached hydrogens (primary N) is 1. The van der Waals surface area contributed by atoms with Gasteiger partial charge in [0.1, 0.15) is 11.4 Å². The van der Waals surface area contributed by atoms with Crippen LogP contribution in [0.1, 0.15) is 44.9 Å². The maximum Gasteiger partial charge on any atom is 0.148 e. The van der Waals surface area contributed by atoms with Crippen molar-refractivity contribution in [2.45, 2.75) is 39.2 Å². The Morgan fingerprint density at radius 3 is 2.45 bits per heavy atom. The van der Waals surface area contributed by atoms with Gasteiger partial charge in [-0.2, -0.15) is 0 Å². The Kier molecular flexibility index (Phi) is 4.04. The first-order chi connectivity index (χ1) is 9.25. The quantitative estimate of drug-likeness (QED) is 0.590. The number of nitrogens with one attached hydrogen (secondary N) is 1. The van der Waals surface area contributed by atoms with Crippen molar-refractivity contribution in [2.24, 2.45) is 5.84 Å². The summed E-state index contributed by atoms with van der Waals surface area (Å²) in [6.07, 6.45) is 0. The zero-order valence-electron chi connectivity index (χ0n) is 12.2. The van der Waals surface area contributed by atoms with Crippen molar-refractivity contribution < 1.29 is 5.11 Å². The molecule has 0 spiro atoms. The lowest BCUT2D eigenvalue weighted by molar-refractivity contribution is 0.0728. The van der Waals surface area contributed by atoms with Gasteiger partial charge in [0.15, 0.2) is 0 Å². The Balaban J connectivity index is 2.96. The first-order valence-electron chi connectivity index (χ1n) is 6.58. The minimum Gasteiger partial charge on any atom is -0.384 e. The lowest BCUT2D eigenvalue weighted by Crippen LogP contribution is -2.23. The smallest absolute Gasteiger partial charge is 0.148 e. The van der Waals surface area contributed by atoms with Crippen LogP contribution in [-0.2, 0) is 5.60 Å². The van der Waals surface area contributed by atoms with Crippen molar-refractivity contribution in [3.8, 4) is 0 Å². The number of hydrogen-bond acceptors (Lipinski definition) is 4. The highest BCUT2D eigenvalue weighted by Gasteiger charge is 2.26. The van der Waals surface area contributed by atoms with Gasteiger partial charge in [-0.15, -0.1) is 0 Å². The Morgan fingerprint density at radius 2 is 1.95 bits per heavy atom. The van der Waals surface area contributed by atoms with E-state index in [0.717, 1.165) is 20.8 Å². The van der Waals surface area contributed by atoms with E-state index in [1.807, 2.05) is 18.2 Å². The molecule has 0 aliphatic carbocycles. The Bertz CT molecular complexity index is 648. The number of hydrazine groups is 1. The number of rotatable bonds is 3. The number of aliphatic hydroxyl groups is 1. The third-order valence-corrected chi connectivity index (χ3v) is 3.79. The third-order valence-electron chi connectivity index (χ3n) is 3.30. The van der Waals surface area contributed by atoms with E-state index in [1.165, 1.54) is 0 Å². The molecule has 2 aromatic rings. The van der Waals surface area contributed by atoms with E-state index in [0.29, 0.717) is 11.5 Å². The van der Waals surface area contributed by atoms with E-state index >= 15 is 0 Å². The highest BCUT2D eigenvalue weighted by atomic mass is 79.9. The van der Waals surface area contributed by atoms with Crippen LogP contribution >= 0.6 is 15.9 Å². The molecular weight excluding hydrogens is 318 g/mol. The molecule has 0 fully saturated rings. The predicted molar refractivity (Wildman–Crippen MR) is 86.6 cm³/mol. The van der Waals surface area contributed by atoms with Gasteiger partial charge in [-0.1, -0.05) is 29.8 Å². The number of anilines is 1. The fraction of sp³-hybridized carbons (Fsp3) is 0.400. The van der Waals surface area contributed by atoms with Crippen LogP contribution in [0.2, 0.25) is 0 Å². The second-order valence-electron chi connectivity index (χ2n) is 5.77. The number of pyridine rings is 1. The number of hydrogen-bond donors (Lipinski definition) is 3. The molecule has 1 aromatic carbocycles. The molecule has 0 bridgehead atoms. The fourth-order valence-corrected chi connectivity index (χ4v) is 2.83. The van der Waals surface area contributed by atoms with Crippen molar-refractivity contribution in [1.29, 1.82) is 0 Å². The lowest BCUT2D eigenvalue weighted by atomic mass is 9.88. The topological polar surface area (TPSA) is 71.2 Å². The molecule has 0 saturated heterocycles. The molecule has 1 heterocycles. The lowest BCUT2D eigenvalue weighted by Gasteiger charge is -2.25. The van der Waals surface area contributed by atoms with Crippen molar-refractivity contribution in [2.75, 3.05) is 5.43 Å². The van der Waals surface area contributed by atoms with Gasteiger partial charge in [0.25, 0.3) is 0 Å². The Labute approximate surface area is 127 Å². The number of nitrogen functional groups attached to an aromatic ring is 1. The molecule has 4 N–H and O–H groups in total. The molecule has 4 nitrogen and oxygen atoms in total. The first kappa shape index (κ1) is 15.2. The van der Waals surface area contributed by atoms with Crippen LogP contribution in [0.15, 0.2) is 22.7 Å². The fourth-order valence-electron chi connectivity index (χ4n) is 2.47. The molecule has 0 saturated carbocycles. The van der Waals surface area contributed by atoms with E-state index in [2.05, 4.69) is 40.2 Å². The maximum absolute atomic E-state index is 10.4. The third kappa shape index (κ3) is 2.66. The summed E-state index contributed by atoms with van der Waals surface area (Å²) in [5.74, 6) is 6.41. The van der Waals surface area contributed by atoms with Crippen LogP contribution in [0, 0.1) is 0 Å². The summed E-state index contributed by atoms with van der Waals surface area (Å²) < 4.78 is 0.989. The summed E-state index contributed by atoms with van der Waals surface area (Å²) in [6, 6.07) is 5.97. The largest absolute Gasteiger partial charge is 0.384 e. The number of fused-ring (bicyclic) bond motifs is 1. The SMILES string of the molecule is CC(C)c1c(C(C)(C)O)nc(NN)c2ccc(Br)cc12.